The van der Waals surface area contributed by atoms with Crippen LogP contribution in [-0.2, 0) is 9.57 Å². The average Bonchev–Trinajstić information content (AvgIpc) is 3.05. The lowest BCUT2D eigenvalue weighted by molar-refractivity contribution is -0.756. The molecule has 1 aliphatic rings. The summed E-state index contributed by atoms with van der Waals surface area (Å²) in [5.41, 5.74) is 0.0243. The Morgan fingerprint density at radius 1 is 1.25 bits per heavy atom. The summed E-state index contributed by atoms with van der Waals surface area (Å²) in [5.74, 6) is -2.29. The number of Topliss-reactive ketones (excluding diaryl/α,β-unsaturated/α-hetero) is 1. The van der Waals surface area contributed by atoms with Crippen LogP contribution in [0.1, 0.15) is 28.8 Å². The van der Waals surface area contributed by atoms with Crippen LogP contribution < -0.4 is 0 Å². The second-order valence-electron chi connectivity index (χ2n) is 5.97. The first-order valence-corrected chi connectivity index (χ1v) is 8.47. The van der Waals surface area contributed by atoms with Gasteiger partial charge in [-0.05, 0) is 12.5 Å². The highest BCUT2D eigenvalue weighted by molar-refractivity contribution is 6.00. The molecule has 9 heteroatoms. The molecule has 3 rings (SSSR count). The highest BCUT2D eigenvalue weighted by Crippen LogP contribution is 2.40. The summed E-state index contributed by atoms with van der Waals surface area (Å²) in [4.78, 5) is 41.1. The average molecular weight is 385 g/mol. The molecule has 9 nitrogen and oxygen atoms in total. The van der Waals surface area contributed by atoms with E-state index in [1.807, 2.05) is 0 Å². The third-order valence-corrected chi connectivity index (χ3v) is 4.26. The van der Waals surface area contributed by atoms with E-state index in [-0.39, 0.29) is 28.5 Å². The molecule has 2 atom stereocenters. The molecule has 0 bridgehead atoms. The van der Waals surface area contributed by atoms with Crippen LogP contribution in [0.4, 0.5) is 5.69 Å². The second kappa shape index (κ2) is 7.87. The van der Waals surface area contributed by atoms with E-state index in [9.17, 15) is 24.9 Å². The molecule has 0 aliphatic carbocycles. The monoisotopic (exact) mass is 385 g/mol. The molecule has 0 unspecified atom stereocenters. The van der Waals surface area contributed by atoms with Crippen molar-refractivity contribution in [1.82, 2.24) is 0 Å². The smallest absolute Gasteiger partial charge is 0.384 e. The van der Waals surface area contributed by atoms with Crippen molar-refractivity contribution in [3.8, 4) is 0 Å². The Balaban J connectivity index is 2.13. The topological polar surface area (TPSA) is 119 Å². The minimum absolute atomic E-state index is 0.0278. The van der Waals surface area contributed by atoms with E-state index in [4.69, 9.17) is 9.57 Å². The zero-order valence-corrected chi connectivity index (χ0v) is 14.8. The third kappa shape index (κ3) is 3.54. The minimum atomic E-state index is -1.32. The van der Waals surface area contributed by atoms with Gasteiger partial charge in [0, 0.05) is 17.7 Å². The fraction of sp³-hybridized carbons (Fsp3) is 0.211. The summed E-state index contributed by atoms with van der Waals surface area (Å²) >= 11 is 0. The lowest BCUT2D eigenvalue weighted by Crippen LogP contribution is -2.26. The molecule has 1 fully saturated rings. The Labute approximate surface area is 159 Å². The number of nitro benzene ring substituents is 1. The first kappa shape index (κ1) is 19.0. The van der Waals surface area contributed by atoms with E-state index in [0.29, 0.717) is 5.56 Å². The van der Waals surface area contributed by atoms with E-state index in [0.717, 1.165) is 0 Å². The van der Waals surface area contributed by atoms with Gasteiger partial charge in [-0.25, -0.2) is 4.84 Å². The number of carbonyl (C=O) groups is 1. The molecule has 144 valence electrons. The maximum absolute atomic E-state index is 13.0. The van der Waals surface area contributed by atoms with Gasteiger partial charge in [-0.1, -0.05) is 42.5 Å². The predicted octanol–water partition coefficient (Wildman–Crippen LogP) is 3.42. The van der Waals surface area contributed by atoms with Gasteiger partial charge in [0.25, 0.3) is 16.7 Å². The number of hydrogen-bond acceptors (Lipinski definition) is 7. The summed E-state index contributed by atoms with van der Waals surface area (Å²) in [7, 11) is 0. The van der Waals surface area contributed by atoms with Gasteiger partial charge in [0.2, 0.25) is 5.78 Å². The van der Waals surface area contributed by atoms with Gasteiger partial charge in [0.15, 0.2) is 0 Å². The molecule has 0 amide bonds. The van der Waals surface area contributed by atoms with Crippen molar-refractivity contribution in [2.24, 2.45) is 0 Å². The molecule has 1 N–H and O–H groups in total. The number of nitrogens with zero attached hydrogens (tertiary/aromatic N) is 2. The third-order valence-electron chi connectivity index (χ3n) is 4.26. The molecule has 1 aliphatic heterocycles. The fourth-order valence-corrected chi connectivity index (χ4v) is 3.03. The van der Waals surface area contributed by atoms with E-state index < -0.39 is 28.7 Å². The Bertz CT molecular complexity index is 956. The van der Waals surface area contributed by atoms with Crippen molar-refractivity contribution < 1.29 is 29.3 Å². The maximum atomic E-state index is 13.0. The molecular formula is C19H17N2O7+. The molecule has 0 spiro atoms. The number of benzene rings is 2. The summed E-state index contributed by atoms with van der Waals surface area (Å²) in [6, 6.07) is 13.7. The number of rotatable bonds is 6. The predicted molar refractivity (Wildman–Crippen MR) is 96.4 cm³/mol. The molecule has 1 saturated heterocycles. The Morgan fingerprint density at radius 3 is 2.61 bits per heavy atom. The fourth-order valence-electron chi connectivity index (χ4n) is 3.03. The molecule has 2 aromatic rings. The number of ketones is 1. The zero-order valence-electron chi connectivity index (χ0n) is 14.8. The Kier molecular flexibility index (Phi) is 5.35. The van der Waals surface area contributed by atoms with Crippen LogP contribution in [0.25, 0.3) is 0 Å². The molecule has 0 saturated carbocycles. The maximum Gasteiger partial charge on any atom is 0.384 e. The van der Waals surface area contributed by atoms with Crippen molar-refractivity contribution in [3.05, 3.63) is 92.4 Å². The van der Waals surface area contributed by atoms with E-state index >= 15 is 0 Å². The summed E-state index contributed by atoms with van der Waals surface area (Å²) in [6.07, 6.45) is -1.32. The first-order valence-electron chi connectivity index (χ1n) is 8.47. The summed E-state index contributed by atoms with van der Waals surface area (Å²) in [5, 5.41) is 21.3. The van der Waals surface area contributed by atoms with Crippen molar-refractivity contribution in [3.63, 3.8) is 0 Å². The van der Waals surface area contributed by atoms with Crippen LogP contribution in [0.2, 0.25) is 0 Å². The Morgan fingerprint density at radius 2 is 1.96 bits per heavy atom. The van der Waals surface area contributed by atoms with Gasteiger partial charge in [0.05, 0.1) is 16.4 Å². The number of aliphatic hydroxyl groups excluding tert-OH is 1. The van der Waals surface area contributed by atoms with Gasteiger partial charge < -0.3 is 9.84 Å². The highest BCUT2D eigenvalue weighted by Gasteiger charge is 2.57. The molecule has 28 heavy (non-hydrogen) atoms. The molecule has 2 aromatic carbocycles. The standard InChI is InChI=1S/C19H16N2O7/c1-2-27-19(23)16-15(13-9-6-10-14(11-13)20(24)25)18(28-21(16)26)17(22)12-7-4-3-5-8-12/h3-11,15,18H,2H2,1H3/p+1/t15-,18-/m1/s1. The van der Waals surface area contributed by atoms with Gasteiger partial charge >= 0.3 is 11.6 Å². The van der Waals surface area contributed by atoms with Crippen LogP contribution in [0.5, 0.6) is 0 Å². The van der Waals surface area contributed by atoms with Crippen molar-refractivity contribution in [1.29, 1.82) is 0 Å². The van der Waals surface area contributed by atoms with Crippen molar-refractivity contribution in [2.45, 2.75) is 18.9 Å². The minimum Gasteiger partial charge on any atom is -0.476 e. The quantitative estimate of drug-likeness (QED) is 0.350. The molecule has 1 heterocycles. The number of carbonyl (C=O) groups excluding carboxylic acids is 1. The molecule has 0 radical (unpaired) electrons. The largest absolute Gasteiger partial charge is 0.476 e. The van der Waals surface area contributed by atoms with Gasteiger partial charge in [-0.3, -0.25) is 14.9 Å². The van der Waals surface area contributed by atoms with E-state index in [2.05, 4.69) is 0 Å². The van der Waals surface area contributed by atoms with Gasteiger partial charge in [-0.15, -0.1) is 0 Å². The summed E-state index contributed by atoms with van der Waals surface area (Å²) < 4.78 is 5.03. The van der Waals surface area contributed by atoms with Gasteiger partial charge in [-0.2, -0.15) is 0 Å². The SMILES string of the molecule is CCO/C(O)=C1\[C@@H](c2cccc([N+](=O)[O-])c2)[C@H](C(=O)c2ccccc2)O[N+]1=O. The van der Waals surface area contributed by atoms with Crippen LogP contribution in [0.15, 0.2) is 66.2 Å². The van der Waals surface area contributed by atoms with Crippen LogP contribution in [0.3, 0.4) is 0 Å². The van der Waals surface area contributed by atoms with Gasteiger partial charge in [0.1, 0.15) is 5.92 Å². The first-order chi connectivity index (χ1) is 13.4. The number of hydrogen-bond donors (Lipinski definition) is 1. The molecule has 0 aromatic heterocycles. The lowest BCUT2D eigenvalue weighted by Gasteiger charge is -2.12. The molecular weight excluding hydrogens is 368 g/mol. The number of ether oxygens (including phenoxy) is 1. The summed E-state index contributed by atoms with van der Waals surface area (Å²) in [6.45, 7) is 1.68. The zero-order chi connectivity index (χ0) is 20.3. The number of non-ortho nitro benzene ring substituents is 1. The number of nitro groups is 1. The van der Waals surface area contributed by atoms with Crippen molar-refractivity contribution in [2.75, 3.05) is 6.61 Å². The second-order valence-corrected chi connectivity index (χ2v) is 5.97. The van der Waals surface area contributed by atoms with Crippen LogP contribution >= 0.6 is 0 Å². The highest BCUT2D eigenvalue weighted by atomic mass is 16.8. The van der Waals surface area contributed by atoms with E-state index in [1.165, 1.54) is 24.3 Å². The van der Waals surface area contributed by atoms with Crippen LogP contribution in [-0.4, -0.2) is 33.4 Å². The number of aliphatic hydroxyl groups is 1. The lowest BCUT2D eigenvalue weighted by atomic mass is 9.87. The Hall–Kier alpha value is -3.75. The van der Waals surface area contributed by atoms with E-state index in [1.54, 1.807) is 37.3 Å². The van der Waals surface area contributed by atoms with Crippen molar-refractivity contribution >= 4 is 11.5 Å². The normalized spacial score (nSPS) is 20.4. The van der Waals surface area contributed by atoms with Crippen LogP contribution in [0, 0.1) is 15.0 Å².